The first-order valence-corrected chi connectivity index (χ1v) is 6.56. The second-order valence-corrected chi connectivity index (χ2v) is 5.04. The molecule has 134 valence electrons. The van der Waals surface area contributed by atoms with Crippen LogP contribution in [0.3, 0.4) is 0 Å². The molecule has 0 fully saturated rings. The highest BCUT2D eigenvalue weighted by Gasteiger charge is 2.71. The maximum atomic E-state index is 12.8. The van der Waals surface area contributed by atoms with Crippen LogP contribution in [0, 0.1) is 0 Å². The van der Waals surface area contributed by atoms with Gasteiger partial charge in [0.15, 0.2) is 0 Å². The summed E-state index contributed by atoms with van der Waals surface area (Å²) in [4.78, 5) is 22.4. The zero-order valence-corrected chi connectivity index (χ0v) is 12.1. The highest BCUT2D eigenvalue weighted by Crippen LogP contribution is 2.49. The normalized spacial score (nSPS) is 12.9. The molecular formula is C15H9F6NO3. The molecule has 1 aromatic carbocycles. The van der Waals surface area contributed by atoms with Gasteiger partial charge in [0.05, 0.1) is 0 Å². The predicted molar refractivity (Wildman–Crippen MR) is 73.4 cm³/mol. The quantitative estimate of drug-likeness (QED) is 0.672. The smallest absolute Gasteiger partial charge is 0.369 e. The lowest BCUT2D eigenvalue weighted by atomic mass is 9.92. The molecule has 25 heavy (non-hydrogen) atoms. The van der Waals surface area contributed by atoms with Gasteiger partial charge >= 0.3 is 12.4 Å². The van der Waals surface area contributed by atoms with E-state index in [0.29, 0.717) is 18.4 Å². The maximum absolute atomic E-state index is 12.8. The maximum Gasteiger partial charge on any atom is 0.430 e. The first kappa shape index (κ1) is 18.7. The molecule has 0 atom stereocenters. The van der Waals surface area contributed by atoms with Crippen LogP contribution in [0.15, 0.2) is 47.4 Å². The number of hydrogen-bond acceptors (Lipinski definition) is 3. The summed E-state index contributed by atoms with van der Waals surface area (Å²) in [5, 5.41) is 9.28. The average molecular weight is 365 g/mol. The average Bonchev–Trinajstić information content (AvgIpc) is 2.52. The molecule has 0 saturated carbocycles. The van der Waals surface area contributed by atoms with Gasteiger partial charge in [-0.2, -0.15) is 26.3 Å². The number of alkyl halides is 6. The number of rotatable bonds is 3. The number of aromatic nitrogens is 1. The second-order valence-electron chi connectivity index (χ2n) is 5.04. The summed E-state index contributed by atoms with van der Waals surface area (Å²) in [5.41, 5.74) is -7.17. The predicted octanol–water partition coefficient (Wildman–Crippen LogP) is 2.96. The fourth-order valence-corrected chi connectivity index (χ4v) is 2.13. The summed E-state index contributed by atoms with van der Waals surface area (Å²) >= 11 is 0. The fourth-order valence-electron chi connectivity index (χ4n) is 2.13. The summed E-state index contributed by atoms with van der Waals surface area (Å²) in [6.07, 6.45) is -10.4. The first-order valence-electron chi connectivity index (χ1n) is 6.56. The minimum atomic E-state index is -5.99. The fraction of sp³-hybridized carbons (Fsp3) is 0.200. The van der Waals surface area contributed by atoms with Crippen molar-refractivity contribution in [1.29, 1.82) is 0 Å². The minimum Gasteiger partial charge on any atom is -0.369 e. The van der Waals surface area contributed by atoms with E-state index in [-0.39, 0.29) is 11.3 Å². The lowest BCUT2D eigenvalue weighted by Gasteiger charge is -2.32. The number of hydrogen-bond donors (Lipinski definition) is 1. The Morgan fingerprint density at radius 2 is 1.44 bits per heavy atom. The molecule has 10 heteroatoms. The molecule has 0 unspecified atom stereocenters. The van der Waals surface area contributed by atoms with Crippen LogP contribution in [0.1, 0.15) is 15.9 Å². The van der Waals surface area contributed by atoms with E-state index in [1.807, 2.05) is 0 Å². The van der Waals surface area contributed by atoms with Crippen molar-refractivity contribution in [3.05, 3.63) is 64.1 Å². The van der Waals surface area contributed by atoms with Gasteiger partial charge < -0.3 is 5.11 Å². The topological polar surface area (TPSA) is 59.3 Å². The Kier molecular flexibility index (Phi) is 4.51. The molecule has 1 heterocycles. The lowest BCUT2D eigenvalue weighted by molar-refractivity contribution is -0.376. The van der Waals surface area contributed by atoms with E-state index in [9.17, 15) is 41.0 Å². The van der Waals surface area contributed by atoms with Crippen LogP contribution in [0.25, 0.3) is 5.69 Å². The molecule has 0 spiro atoms. The van der Waals surface area contributed by atoms with E-state index in [1.54, 1.807) is 0 Å². The third kappa shape index (κ3) is 3.16. The Bertz CT molecular complexity index is 822. The van der Waals surface area contributed by atoms with E-state index in [4.69, 9.17) is 0 Å². The molecule has 1 aromatic heterocycles. The number of halogens is 6. The molecule has 0 radical (unpaired) electrons. The third-order valence-corrected chi connectivity index (χ3v) is 3.46. The molecule has 2 rings (SSSR count). The highest BCUT2D eigenvalue weighted by molar-refractivity contribution is 5.74. The lowest BCUT2D eigenvalue weighted by Crippen LogP contribution is -2.53. The van der Waals surface area contributed by atoms with Gasteiger partial charge in [0.1, 0.15) is 6.29 Å². The summed E-state index contributed by atoms with van der Waals surface area (Å²) in [6, 6.07) is 4.68. The van der Waals surface area contributed by atoms with Gasteiger partial charge in [-0.1, -0.05) is 12.1 Å². The summed E-state index contributed by atoms with van der Waals surface area (Å²) in [5.74, 6) is 0. The van der Waals surface area contributed by atoms with E-state index in [0.717, 1.165) is 29.0 Å². The summed E-state index contributed by atoms with van der Waals surface area (Å²) in [7, 11) is 0. The van der Waals surface area contributed by atoms with Crippen LogP contribution in [0.2, 0.25) is 0 Å². The molecule has 0 aliphatic heterocycles. The summed E-state index contributed by atoms with van der Waals surface area (Å²) in [6.45, 7) is 0. The molecule has 0 amide bonds. The molecule has 0 aliphatic rings. The van der Waals surface area contributed by atoms with Crippen LogP contribution in [0.5, 0.6) is 0 Å². The number of pyridine rings is 1. The highest BCUT2D eigenvalue weighted by atomic mass is 19.4. The Morgan fingerprint density at radius 3 is 1.84 bits per heavy atom. The Morgan fingerprint density at radius 1 is 0.920 bits per heavy atom. The SMILES string of the molecule is O=Cc1ccn(-c2ccc(C(O)(C(F)(F)F)C(F)(F)F)cc2)c(=O)c1. The zero-order valence-electron chi connectivity index (χ0n) is 12.1. The van der Waals surface area contributed by atoms with Gasteiger partial charge in [-0.3, -0.25) is 14.2 Å². The Balaban J connectivity index is 2.53. The third-order valence-electron chi connectivity index (χ3n) is 3.46. The molecule has 0 saturated heterocycles. The molecule has 0 aliphatic carbocycles. The minimum absolute atomic E-state index is 0.0436. The van der Waals surface area contributed by atoms with Crippen molar-refractivity contribution in [2.24, 2.45) is 0 Å². The van der Waals surface area contributed by atoms with Crippen LogP contribution in [-0.2, 0) is 5.60 Å². The van der Waals surface area contributed by atoms with Crippen molar-refractivity contribution in [2.75, 3.05) is 0 Å². The van der Waals surface area contributed by atoms with Gasteiger partial charge in [-0.15, -0.1) is 0 Å². The van der Waals surface area contributed by atoms with E-state index in [1.165, 1.54) is 6.07 Å². The van der Waals surface area contributed by atoms with Crippen molar-refractivity contribution >= 4 is 6.29 Å². The second kappa shape index (κ2) is 6.03. The van der Waals surface area contributed by atoms with Crippen molar-refractivity contribution in [2.45, 2.75) is 18.0 Å². The monoisotopic (exact) mass is 365 g/mol. The first-order chi connectivity index (χ1) is 11.4. The number of aldehydes is 1. The van der Waals surface area contributed by atoms with E-state index >= 15 is 0 Å². The summed E-state index contributed by atoms with van der Waals surface area (Å²) < 4.78 is 77.7. The van der Waals surface area contributed by atoms with Gasteiger partial charge in [-0.25, -0.2) is 0 Å². The Labute approximate surface area is 135 Å². The van der Waals surface area contributed by atoms with Crippen LogP contribution < -0.4 is 5.56 Å². The number of benzene rings is 1. The van der Waals surface area contributed by atoms with E-state index in [2.05, 4.69) is 0 Å². The standard InChI is InChI=1S/C15H9F6NO3/c16-14(17,18)13(25,15(19,20)21)10-1-3-11(4-2-10)22-6-5-9(8-23)7-12(22)24/h1-8,25H. The van der Waals surface area contributed by atoms with Crippen LogP contribution >= 0.6 is 0 Å². The van der Waals surface area contributed by atoms with Crippen molar-refractivity contribution < 1.29 is 36.2 Å². The molecule has 2 aromatic rings. The number of aliphatic hydroxyl groups is 1. The molecule has 1 N–H and O–H groups in total. The van der Waals surface area contributed by atoms with Gasteiger partial charge in [0.2, 0.25) is 0 Å². The molecule has 4 nitrogen and oxygen atoms in total. The van der Waals surface area contributed by atoms with Gasteiger partial charge in [-0.05, 0) is 18.2 Å². The van der Waals surface area contributed by atoms with E-state index < -0.39 is 29.1 Å². The van der Waals surface area contributed by atoms with Gasteiger partial charge in [0, 0.05) is 29.1 Å². The van der Waals surface area contributed by atoms with Crippen LogP contribution in [0.4, 0.5) is 26.3 Å². The number of carbonyl (C=O) groups is 1. The van der Waals surface area contributed by atoms with Crippen LogP contribution in [-0.4, -0.2) is 28.3 Å². The van der Waals surface area contributed by atoms with Crippen molar-refractivity contribution in [1.82, 2.24) is 4.57 Å². The number of nitrogens with zero attached hydrogens (tertiary/aromatic N) is 1. The van der Waals surface area contributed by atoms with Gasteiger partial charge in [0.25, 0.3) is 11.2 Å². The van der Waals surface area contributed by atoms with Crippen molar-refractivity contribution in [3.63, 3.8) is 0 Å². The van der Waals surface area contributed by atoms with Crippen molar-refractivity contribution in [3.8, 4) is 5.69 Å². The molecular weight excluding hydrogens is 356 g/mol. The molecule has 0 bridgehead atoms. The Hall–Kier alpha value is -2.62. The zero-order chi connectivity index (χ0) is 19.0. The largest absolute Gasteiger partial charge is 0.430 e. The number of carbonyl (C=O) groups excluding carboxylic acids is 1.